The van der Waals surface area contributed by atoms with Gasteiger partial charge in [-0.1, -0.05) is 50.1 Å². The number of benzene rings is 1. The zero-order valence-corrected chi connectivity index (χ0v) is 12.6. The van der Waals surface area contributed by atoms with Crippen molar-refractivity contribution in [3.05, 3.63) is 48.0 Å². The summed E-state index contributed by atoms with van der Waals surface area (Å²) in [4.78, 5) is 10.8. The maximum Gasteiger partial charge on any atom is 0.384 e. The lowest BCUT2D eigenvalue weighted by Crippen LogP contribution is -1.99. The normalized spacial score (nSPS) is 8.05. The number of rotatable bonds is 1. The number of esters is 1. The lowest BCUT2D eigenvalue weighted by atomic mass is 10.2. The van der Waals surface area contributed by atoms with Crippen molar-refractivity contribution in [3.8, 4) is 11.8 Å². The van der Waals surface area contributed by atoms with E-state index in [9.17, 15) is 4.79 Å². The lowest BCUT2D eigenvalue weighted by molar-refractivity contribution is -0.136. The van der Waals surface area contributed by atoms with Gasteiger partial charge < -0.3 is 4.74 Å². The number of hydrogen-bond donors (Lipinski definition) is 0. The Balaban J connectivity index is 0. The van der Waals surface area contributed by atoms with E-state index in [1.807, 2.05) is 70.2 Å². The lowest BCUT2D eigenvalue weighted by Gasteiger charge is -1.91. The summed E-state index contributed by atoms with van der Waals surface area (Å²) in [5.41, 5.74) is 0.815. The van der Waals surface area contributed by atoms with Crippen LogP contribution in [-0.2, 0) is 9.53 Å². The summed E-state index contributed by atoms with van der Waals surface area (Å²) in [5.74, 6) is 4.61. The summed E-state index contributed by atoms with van der Waals surface area (Å²) in [5, 5.41) is 0. The molecule has 0 fully saturated rings. The van der Waals surface area contributed by atoms with Crippen LogP contribution in [-0.4, -0.2) is 12.6 Å². The van der Waals surface area contributed by atoms with E-state index in [2.05, 4.69) is 16.6 Å². The van der Waals surface area contributed by atoms with Crippen LogP contribution < -0.4 is 0 Å². The van der Waals surface area contributed by atoms with Gasteiger partial charge in [0, 0.05) is 11.5 Å². The highest BCUT2D eigenvalue weighted by atomic mass is 16.5. The van der Waals surface area contributed by atoms with Crippen molar-refractivity contribution in [1.82, 2.24) is 0 Å². The Morgan fingerprint density at radius 2 is 1.68 bits per heavy atom. The van der Waals surface area contributed by atoms with Gasteiger partial charge in [0.25, 0.3) is 0 Å². The van der Waals surface area contributed by atoms with E-state index in [-0.39, 0.29) is 0 Å². The van der Waals surface area contributed by atoms with E-state index in [1.165, 1.54) is 0 Å². The molecule has 0 aliphatic carbocycles. The predicted molar refractivity (Wildman–Crippen MR) is 81.8 cm³/mol. The summed E-state index contributed by atoms with van der Waals surface area (Å²) in [6, 6.07) is 9.32. The Kier molecular flexibility index (Phi) is 16.3. The molecule has 19 heavy (non-hydrogen) atoms. The molecule has 2 nitrogen and oxygen atoms in total. The fourth-order valence-corrected chi connectivity index (χ4v) is 0.812. The van der Waals surface area contributed by atoms with E-state index in [1.54, 1.807) is 6.92 Å². The Morgan fingerprint density at radius 1 is 1.16 bits per heavy atom. The first kappa shape index (κ1) is 19.3. The second-order valence-electron chi connectivity index (χ2n) is 3.00. The second-order valence-corrected chi connectivity index (χ2v) is 3.00. The van der Waals surface area contributed by atoms with Gasteiger partial charge >= 0.3 is 5.97 Å². The second kappa shape index (κ2) is 16.0. The molecule has 0 atom stereocenters. The average Bonchev–Trinajstić information content (AvgIpc) is 2.49. The van der Waals surface area contributed by atoms with Crippen molar-refractivity contribution in [2.45, 2.75) is 34.6 Å². The quantitative estimate of drug-likeness (QED) is 0.429. The molecule has 0 spiro atoms. The predicted octanol–water partition coefficient (Wildman–Crippen LogP) is 4.21. The van der Waals surface area contributed by atoms with Crippen molar-refractivity contribution in [2.75, 3.05) is 6.61 Å². The molecule has 0 aliphatic rings. The third-order valence-corrected chi connectivity index (χ3v) is 1.69. The first-order valence-electron chi connectivity index (χ1n) is 6.55. The van der Waals surface area contributed by atoms with Gasteiger partial charge in [0.05, 0.1) is 6.61 Å². The topological polar surface area (TPSA) is 26.3 Å². The molecule has 1 rings (SSSR count). The molecule has 0 radical (unpaired) electrons. The molecule has 0 saturated heterocycles. The number of carbonyl (C=O) groups excluding carboxylic acids is 1. The SMILES string of the molecule is C/C=C\C.CC.CCOC(=O)C#Cc1ccccc1. The van der Waals surface area contributed by atoms with Crippen molar-refractivity contribution in [1.29, 1.82) is 0 Å². The summed E-state index contributed by atoms with van der Waals surface area (Å²) in [6.45, 7) is 10.1. The average molecular weight is 260 g/mol. The summed E-state index contributed by atoms with van der Waals surface area (Å²) in [6.07, 6.45) is 4.00. The van der Waals surface area contributed by atoms with Crippen LogP contribution in [0.4, 0.5) is 0 Å². The Morgan fingerprint density at radius 3 is 2.11 bits per heavy atom. The zero-order valence-electron chi connectivity index (χ0n) is 12.6. The number of allylic oxidation sites excluding steroid dienone is 2. The molecule has 1 aromatic carbocycles. The first-order chi connectivity index (χ1) is 9.24. The maximum absolute atomic E-state index is 10.8. The van der Waals surface area contributed by atoms with E-state index < -0.39 is 5.97 Å². The largest absolute Gasteiger partial charge is 0.456 e. The van der Waals surface area contributed by atoms with E-state index in [4.69, 9.17) is 0 Å². The van der Waals surface area contributed by atoms with Crippen molar-refractivity contribution < 1.29 is 9.53 Å². The highest BCUT2D eigenvalue weighted by Crippen LogP contribution is 1.94. The van der Waals surface area contributed by atoms with Crippen LogP contribution in [0, 0.1) is 11.8 Å². The molecule has 1 aromatic rings. The molecule has 2 heteroatoms. The van der Waals surface area contributed by atoms with Crippen LogP contribution in [0.25, 0.3) is 0 Å². The van der Waals surface area contributed by atoms with Gasteiger partial charge in [-0.3, -0.25) is 0 Å². The smallest absolute Gasteiger partial charge is 0.384 e. The Bertz CT molecular complexity index is 390. The highest BCUT2D eigenvalue weighted by Gasteiger charge is 1.91. The van der Waals surface area contributed by atoms with E-state index in [0.717, 1.165) is 5.56 Å². The van der Waals surface area contributed by atoms with Gasteiger partial charge in [0.1, 0.15) is 0 Å². The first-order valence-corrected chi connectivity index (χ1v) is 6.55. The standard InChI is InChI=1S/C11H10O2.C4H8.C2H6/c1-2-13-11(12)9-8-10-6-4-3-5-7-10;1-3-4-2;1-2/h3-7H,2H2,1H3;3-4H,1-2H3;1-2H3/b;4-3-;. The molecule has 0 heterocycles. The monoisotopic (exact) mass is 260 g/mol. The van der Waals surface area contributed by atoms with Crippen LogP contribution in [0.5, 0.6) is 0 Å². The van der Waals surface area contributed by atoms with Crippen molar-refractivity contribution >= 4 is 5.97 Å². The zero-order chi connectivity index (χ0) is 14.9. The van der Waals surface area contributed by atoms with Gasteiger partial charge in [0.15, 0.2) is 0 Å². The van der Waals surface area contributed by atoms with Gasteiger partial charge in [-0.15, -0.1) is 0 Å². The molecule has 0 amide bonds. The molecule has 0 N–H and O–H groups in total. The minimum Gasteiger partial charge on any atom is -0.456 e. The Labute approximate surface area is 117 Å². The minimum atomic E-state index is -0.480. The van der Waals surface area contributed by atoms with Crippen LogP contribution >= 0.6 is 0 Å². The van der Waals surface area contributed by atoms with Gasteiger partial charge in [-0.05, 0) is 32.9 Å². The number of hydrogen-bond acceptors (Lipinski definition) is 2. The van der Waals surface area contributed by atoms with Crippen molar-refractivity contribution in [3.63, 3.8) is 0 Å². The van der Waals surface area contributed by atoms with Gasteiger partial charge in [-0.25, -0.2) is 4.79 Å². The molecule has 0 unspecified atom stereocenters. The molecule has 0 saturated carbocycles. The fraction of sp³-hybridized carbons (Fsp3) is 0.353. The molecule has 104 valence electrons. The number of ether oxygens (including phenoxy) is 1. The van der Waals surface area contributed by atoms with Crippen molar-refractivity contribution in [2.24, 2.45) is 0 Å². The summed E-state index contributed by atoms with van der Waals surface area (Å²) < 4.78 is 4.65. The van der Waals surface area contributed by atoms with Crippen LogP contribution in [0.3, 0.4) is 0 Å². The highest BCUT2D eigenvalue weighted by molar-refractivity contribution is 5.89. The third-order valence-electron chi connectivity index (χ3n) is 1.69. The van der Waals surface area contributed by atoms with Gasteiger partial charge in [-0.2, -0.15) is 0 Å². The van der Waals surface area contributed by atoms with Crippen LogP contribution in [0.2, 0.25) is 0 Å². The maximum atomic E-state index is 10.8. The number of carbonyl (C=O) groups is 1. The summed E-state index contributed by atoms with van der Waals surface area (Å²) in [7, 11) is 0. The Hall–Kier alpha value is -2.01. The van der Waals surface area contributed by atoms with E-state index in [0.29, 0.717) is 6.61 Å². The molecular formula is C17H24O2. The molecule has 0 aliphatic heterocycles. The third kappa shape index (κ3) is 13.9. The molecule has 0 aromatic heterocycles. The molecule has 0 bridgehead atoms. The van der Waals surface area contributed by atoms with Crippen LogP contribution in [0.1, 0.15) is 40.2 Å². The van der Waals surface area contributed by atoms with Crippen LogP contribution in [0.15, 0.2) is 42.5 Å². The minimum absolute atomic E-state index is 0.363. The van der Waals surface area contributed by atoms with E-state index >= 15 is 0 Å². The summed E-state index contributed by atoms with van der Waals surface area (Å²) >= 11 is 0. The fourth-order valence-electron chi connectivity index (χ4n) is 0.812. The molecular weight excluding hydrogens is 236 g/mol. The van der Waals surface area contributed by atoms with Gasteiger partial charge in [0.2, 0.25) is 0 Å².